The van der Waals surface area contributed by atoms with Gasteiger partial charge in [0.2, 0.25) is 0 Å². The van der Waals surface area contributed by atoms with Gasteiger partial charge in [0.25, 0.3) is 10.2 Å². The number of nitrogens with two attached hydrogens (primary N) is 1. The summed E-state index contributed by atoms with van der Waals surface area (Å²) in [7, 11) is -1.94. The molecule has 1 aromatic carbocycles. The first kappa shape index (κ1) is 15.2. The highest BCUT2D eigenvalue weighted by Crippen LogP contribution is 2.30. The summed E-state index contributed by atoms with van der Waals surface area (Å²) < 4.78 is 33.5. The van der Waals surface area contributed by atoms with Crippen LogP contribution in [0.15, 0.2) is 24.3 Å². The molecule has 0 aliphatic heterocycles. The Kier molecular flexibility index (Phi) is 4.98. The Hall–Kier alpha value is -1.15. The summed E-state index contributed by atoms with van der Waals surface area (Å²) in [6.45, 7) is 0.979. The van der Waals surface area contributed by atoms with Crippen LogP contribution >= 0.6 is 0 Å². The van der Waals surface area contributed by atoms with Crippen LogP contribution in [0.2, 0.25) is 0 Å². The van der Waals surface area contributed by atoms with Crippen LogP contribution < -0.4 is 10.5 Å². The normalized spacial score (nSPS) is 15.7. The van der Waals surface area contributed by atoms with Gasteiger partial charge in [-0.2, -0.15) is 17.4 Å². The van der Waals surface area contributed by atoms with E-state index in [-0.39, 0.29) is 12.6 Å². The van der Waals surface area contributed by atoms with Crippen LogP contribution in [0, 0.1) is 0 Å². The average molecular weight is 299 g/mol. The predicted octanol–water partition coefficient (Wildman–Crippen LogP) is 0.714. The molecule has 112 valence electrons. The fourth-order valence-corrected chi connectivity index (χ4v) is 3.43. The number of rotatable bonds is 8. The minimum absolute atomic E-state index is 0.0940. The summed E-state index contributed by atoms with van der Waals surface area (Å²) in [6.07, 6.45) is 1.82. The molecule has 0 bridgehead atoms. The highest BCUT2D eigenvalue weighted by atomic mass is 32.2. The van der Waals surface area contributed by atoms with Crippen LogP contribution in [0.25, 0.3) is 0 Å². The Morgan fingerprint density at radius 3 is 2.80 bits per heavy atom. The van der Waals surface area contributed by atoms with Crippen molar-refractivity contribution in [3.05, 3.63) is 29.8 Å². The van der Waals surface area contributed by atoms with Gasteiger partial charge in [-0.1, -0.05) is 12.1 Å². The van der Waals surface area contributed by atoms with Crippen LogP contribution in [-0.4, -0.2) is 39.0 Å². The molecule has 0 radical (unpaired) electrons. The van der Waals surface area contributed by atoms with E-state index in [4.69, 9.17) is 10.5 Å². The van der Waals surface area contributed by atoms with Crippen LogP contribution in [-0.2, 0) is 21.5 Å². The summed E-state index contributed by atoms with van der Waals surface area (Å²) in [5.41, 5.74) is 7.27. The second kappa shape index (κ2) is 6.53. The van der Waals surface area contributed by atoms with Crippen LogP contribution in [0.1, 0.15) is 18.4 Å². The second-order valence-electron chi connectivity index (χ2n) is 4.91. The van der Waals surface area contributed by atoms with Gasteiger partial charge in [0.05, 0.1) is 6.61 Å². The summed E-state index contributed by atoms with van der Waals surface area (Å²) >= 11 is 0. The van der Waals surface area contributed by atoms with Crippen molar-refractivity contribution in [3.63, 3.8) is 0 Å². The maximum atomic E-state index is 12.3. The van der Waals surface area contributed by atoms with Crippen molar-refractivity contribution in [2.45, 2.75) is 25.4 Å². The molecule has 0 aromatic heterocycles. The Morgan fingerprint density at radius 1 is 1.45 bits per heavy atom. The molecule has 1 aliphatic rings. The van der Waals surface area contributed by atoms with E-state index in [1.165, 1.54) is 4.31 Å². The number of hydrogen-bond acceptors (Lipinski definition) is 4. The number of nitrogens with zero attached hydrogens (tertiary/aromatic N) is 1. The fraction of sp³-hybridized carbons (Fsp3) is 0.538. The van der Waals surface area contributed by atoms with E-state index in [0.717, 1.165) is 18.4 Å². The smallest absolute Gasteiger partial charge is 0.280 e. The van der Waals surface area contributed by atoms with Gasteiger partial charge in [-0.25, -0.2) is 0 Å². The molecule has 1 saturated carbocycles. The second-order valence-corrected chi connectivity index (χ2v) is 6.62. The van der Waals surface area contributed by atoms with Crippen LogP contribution in [0.3, 0.4) is 0 Å². The molecule has 0 spiro atoms. The number of nitrogen functional groups attached to an aromatic ring is 1. The number of methoxy groups -OCH3 is 1. The van der Waals surface area contributed by atoms with E-state index in [2.05, 4.69) is 4.72 Å². The van der Waals surface area contributed by atoms with Gasteiger partial charge in [0.15, 0.2) is 0 Å². The quantitative estimate of drug-likeness (QED) is 0.547. The molecule has 1 aliphatic carbocycles. The molecule has 0 amide bonds. The van der Waals surface area contributed by atoms with Crippen molar-refractivity contribution < 1.29 is 13.2 Å². The Balaban J connectivity index is 2.07. The maximum absolute atomic E-state index is 12.3. The molecule has 1 fully saturated rings. The lowest BCUT2D eigenvalue weighted by molar-refractivity contribution is 0.203. The lowest BCUT2D eigenvalue weighted by Gasteiger charge is -2.22. The first-order valence-electron chi connectivity index (χ1n) is 6.63. The van der Waals surface area contributed by atoms with Gasteiger partial charge in [0.1, 0.15) is 0 Å². The summed E-state index contributed by atoms with van der Waals surface area (Å²) in [4.78, 5) is 0. The van der Waals surface area contributed by atoms with Crippen molar-refractivity contribution in [1.29, 1.82) is 0 Å². The zero-order valence-corrected chi connectivity index (χ0v) is 12.4. The minimum atomic E-state index is -3.48. The van der Waals surface area contributed by atoms with E-state index in [0.29, 0.717) is 18.8 Å². The van der Waals surface area contributed by atoms with Gasteiger partial charge >= 0.3 is 0 Å². The topological polar surface area (TPSA) is 84.7 Å². The zero-order chi connectivity index (χ0) is 14.6. The fourth-order valence-electron chi connectivity index (χ4n) is 2.00. The molecule has 1 aromatic rings. The van der Waals surface area contributed by atoms with Crippen molar-refractivity contribution in [3.8, 4) is 0 Å². The highest BCUT2D eigenvalue weighted by Gasteiger charge is 2.36. The summed E-state index contributed by atoms with van der Waals surface area (Å²) in [5.74, 6) is 0. The lowest BCUT2D eigenvalue weighted by Crippen LogP contribution is -2.42. The van der Waals surface area contributed by atoms with Gasteiger partial charge in [-0.15, -0.1) is 0 Å². The first-order chi connectivity index (χ1) is 9.53. The van der Waals surface area contributed by atoms with E-state index in [1.54, 1.807) is 19.2 Å². The van der Waals surface area contributed by atoms with Gasteiger partial charge < -0.3 is 10.5 Å². The molecule has 0 heterocycles. The Labute approximate surface area is 120 Å². The van der Waals surface area contributed by atoms with E-state index < -0.39 is 10.2 Å². The maximum Gasteiger partial charge on any atom is 0.280 e. The highest BCUT2D eigenvalue weighted by molar-refractivity contribution is 7.87. The van der Waals surface area contributed by atoms with Crippen LogP contribution in [0.4, 0.5) is 5.69 Å². The molecular formula is C13H21N3O3S. The average Bonchev–Trinajstić information content (AvgIpc) is 3.20. The summed E-state index contributed by atoms with van der Waals surface area (Å²) in [5, 5.41) is 0. The SMILES string of the molecule is COCCNS(=O)(=O)N(Cc1cccc(N)c1)C1CC1. The lowest BCUT2D eigenvalue weighted by atomic mass is 10.2. The van der Waals surface area contributed by atoms with Gasteiger partial charge in [-0.05, 0) is 30.5 Å². The molecule has 3 N–H and O–H groups in total. The standard InChI is InChI=1S/C13H21N3O3S/c1-19-8-7-15-20(17,18)16(13-5-6-13)10-11-3-2-4-12(14)9-11/h2-4,9,13,15H,5-8,10,14H2,1H3. The molecular weight excluding hydrogens is 278 g/mol. The number of hydrogen-bond donors (Lipinski definition) is 2. The van der Waals surface area contributed by atoms with Crippen molar-refractivity contribution in [2.75, 3.05) is 26.0 Å². The molecule has 20 heavy (non-hydrogen) atoms. The number of anilines is 1. The van der Waals surface area contributed by atoms with E-state index in [9.17, 15) is 8.42 Å². The van der Waals surface area contributed by atoms with Gasteiger partial charge in [0, 0.05) is 31.9 Å². The molecule has 0 unspecified atom stereocenters. The number of benzene rings is 1. The summed E-state index contributed by atoms with van der Waals surface area (Å²) in [6, 6.07) is 7.41. The zero-order valence-electron chi connectivity index (χ0n) is 11.6. The number of nitrogens with one attached hydrogen (secondary N) is 1. The molecule has 6 nitrogen and oxygen atoms in total. The third kappa shape index (κ3) is 4.17. The van der Waals surface area contributed by atoms with Crippen LogP contribution in [0.5, 0.6) is 0 Å². The van der Waals surface area contributed by atoms with Crippen molar-refractivity contribution in [2.24, 2.45) is 0 Å². The monoisotopic (exact) mass is 299 g/mol. The van der Waals surface area contributed by atoms with Crippen molar-refractivity contribution in [1.82, 2.24) is 9.03 Å². The molecule has 2 rings (SSSR count). The van der Waals surface area contributed by atoms with Gasteiger partial charge in [-0.3, -0.25) is 0 Å². The molecule has 7 heteroatoms. The third-order valence-electron chi connectivity index (χ3n) is 3.14. The molecule has 0 atom stereocenters. The Bertz CT molecular complexity index is 544. The Morgan fingerprint density at radius 2 is 2.20 bits per heavy atom. The van der Waals surface area contributed by atoms with E-state index >= 15 is 0 Å². The first-order valence-corrected chi connectivity index (χ1v) is 8.07. The number of ether oxygens (including phenoxy) is 1. The predicted molar refractivity (Wildman–Crippen MR) is 78.2 cm³/mol. The van der Waals surface area contributed by atoms with E-state index in [1.807, 2.05) is 12.1 Å². The third-order valence-corrected chi connectivity index (χ3v) is 4.76. The minimum Gasteiger partial charge on any atom is -0.399 e. The van der Waals surface area contributed by atoms with Crippen molar-refractivity contribution >= 4 is 15.9 Å². The largest absolute Gasteiger partial charge is 0.399 e. The molecule has 0 saturated heterocycles.